The quantitative estimate of drug-likeness (QED) is 0.666. The molecule has 1 aromatic carbocycles. The lowest BCUT2D eigenvalue weighted by molar-refractivity contribution is 0.0948. The van der Waals surface area contributed by atoms with Crippen molar-refractivity contribution < 1.29 is 4.79 Å². The summed E-state index contributed by atoms with van der Waals surface area (Å²) in [5.41, 5.74) is 0.705. The summed E-state index contributed by atoms with van der Waals surface area (Å²) in [6.45, 7) is 0. The molecule has 100 valence electrons. The topological polar surface area (TPSA) is 52.7 Å². The number of nitrogens with zero attached hydrogens (tertiary/aromatic N) is 4. The van der Waals surface area contributed by atoms with Crippen LogP contribution in [0.3, 0.4) is 0 Å². The number of carbonyl (C=O) groups is 1. The van der Waals surface area contributed by atoms with Gasteiger partial charge in [-0.25, -0.2) is 9.36 Å². The van der Waals surface area contributed by atoms with Crippen LogP contribution in [0.2, 0.25) is 0 Å². The highest BCUT2D eigenvalue weighted by atomic mass is 16.1. The predicted molar refractivity (Wildman–Crippen MR) is 74.3 cm³/mol. The Labute approximate surface area is 116 Å². The summed E-state index contributed by atoms with van der Waals surface area (Å²) >= 11 is 0. The van der Waals surface area contributed by atoms with Gasteiger partial charge in [0.15, 0.2) is 11.9 Å². The summed E-state index contributed by atoms with van der Waals surface area (Å²) in [6, 6.07) is 13.0. The largest absolute Gasteiger partial charge is 0.294 e. The molecule has 0 atom stereocenters. The van der Waals surface area contributed by atoms with Gasteiger partial charge in [0.25, 0.3) is 0 Å². The van der Waals surface area contributed by atoms with Gasteiger partial charge in [-0.15, -0.1) is 0 Å². The fourth-order valence-electron chi connectivity index (χ4n) is 2.13. The smallest absolute Gasteiger partial charge is 0.166 e. The first-order chi connectivity index (χ1) is 9.84. The molecule has 0 fully saturated rings. The van der Waals surface area contributed by atoms with Gasteiger partial charge < -0.3 is 0 Å². The lowest BCUT2D eigenvalue weighted by Gasteiger charge is -2.17. The minimum Gasteiger partial charge on any atom is -0.294 e. The fourth-order valence-corrected chi connectivity index (χ4v) is 2.13. The van der Waals surface area contributed by atoms with E-state index in [1.165, 1.54) is 0 Å². The molecule has 5 heteroatoms. The third-order valence-corrected chi connectivity index (χ3v) is 3.12. The van der Waals surface area contributed by atoms with E-state index in [4.69, 9.17) is 0 Å². The van der Waals surface area contributed by atoms with Gasteiger partial charge in [0.05, 0.1) is 6.42 Å². The minimum atomic E-state index is -0.243. The highest BCUT2D eigenvalue weighted by Gasteiger charge is 2.19. The summed E-state index contributed by atoms with van der Waals surface area (Å²) in [5, 5.41) is 8.45. The first-order valence-corrected chi connectivity index (χ1v) is 6.41. The molecule has 0 radical (unpaired) electrons. The van der Waals surface area contributed by atoms with Crippen LogP contribution in [0, 0.1) is 0 Å². The first-order valence-electron chi connectivity index (χ1n) is 6.41. The van der Waals surface area contributed by atoms with Gasteiger partial charge in [-0.2, -0.15) is 10.2 Å². The van der Waals surface area contributed by atoms with Crippen molar-refractivity contribution in [1.29, 1.82) is 0 Å². The van der Waals surface area contributed by atoms with Crippen molar-refractivity contribution >= 4 is 5.78 Å². The molecule has 0 spiro atoms. The molecule has 20 heavy (non-hydrogen) atoms. The number of ketones is 1. The Hall–Kier alpha value is -2.69. The first kappa shape index (κ1) is 12.3. The zero-order valence-electron chi connectivity index (χ0n) is 10.8. The number of aromatic nitrogens is 4. The van der Waals surface area contributed by atoms with E-state index in [0.717, 1.165) is 0 Å². The van der Waals surface area contributed by atoms with Crippen LogP contribution < -0.4 is 0 Å². The van der Waals surface area contributed by atoms with Gasteiger partial charge in [0.1, 0.15) is 0 Å². The van der Waals surface area contributed by atoms with E-state index >= 15 is 0 Å². The van der Waals surface area contributed by atoms with E-state index in [2.05, 4.69) is 10.2 Å². The van der Waals surface area contributed by atoms with Crippen molar-refractivity contribution in [1.82, 2.24) is 19.6 Å². The van der Waals surface area contributed by atoms with E-state index < -0.39 is 0 Å². The van der Waals surface area contributed by atoms with Crippen molar-refractivity contribution in [2.45, 2.75) is 12.6 Å². The van der Waals surface area contributed by atoms with Gasteiger partial charge in [0, 0.05) is 30.4 Å². The number of carbonyl (C=O) groups excluding carboxylic acids is 1. The van der Waals surface area contributed by atoms with Gasteiger partial charge in [-0.1, -0.05) is 30.3 Å². The van der Waals surface area contributed by atoms with Crippen LogP contribution in [0.25, 0.3) is 0 Å². The second-order valence-electron chi connectivity index (χ2n) is 4.45. The van der Waals surface area contributed by atoms with E-state index in [-0.39, 0.29) is 11.9 Å². The average molecular weight is 266 g/mol. The Morgan fingerprint density at radius 1 is 0.950 bits per heavy atom. The number of hydrogen-bond acceptors (Lipinski definition) is 3. The summed E-state index contributed by atoms with van der Waals surface area (Å²) in [4.78, 5) is 12.4. The molecule has 5 nitrogen and oxygen atoms in total. The lowest BCUT2D eigenvalue weighted by Crippen LogP contribution is -2.22. The Balaban J connectivity index is 1.86. The van der Waals surface area contributed by atoms with Gasteiger partial charge >= 0.3 is 0 Å². The molecule has 3 aromatic rings. The maximum atomic E-state index is 12.4. The minimum absolute atomic E-state index is 0.0709. The van der Waals surface area contributed by atoms with Crippen LogP contribution in [0.1, 0.15) is 22.9 Å². The molecule has 0 aliphatic carbocycles. The van der Waals surface area contributed by atoms with Crippen molar-refractivity contribution in [3.8, 4) is 0 Å². The van der Waals surface area contributed by atoms with E-state index in [1.54, 1.807) is 21.8 Å². The van der Waals surface area contributed by atoms with Crippen molar-refractivity contribution in [3.63, 3.8) is 0 Å². The zero-order valence-corrected chi connectivity index (χ0v) is 10.8. The third-order valence-electron chi connectivity index (χ3n) is 3.12. The van der Waals surface area contributed by atoms with Crippen LogP contribution in [-0.2, 0) is 0 Å². The summed E-state index contributed by atoms with van der Waals surface area (Å²) < 4.78 is 3.49. The molecule has 0 saturated carbocycles. The maximum absolute atomic E-state index is 12.4. The molecular weight excluding hydrogens is 252 g/mol. The molecule has 0 aliphatic rings. The summed E-state index contributed by atoms with van der Waals surface area (Å²) in [7, 11) is 0. The average Bonchev–Trinajstić information content (AvgIpc) is 3.19. The molecule has 0 N–H and O–H groups in total. The van der Waals surface area contributed by atoms with E-state index in [0.29, 0.717) is 12.0 Å². The SMILES string of the molecule is O=C(CC(n1cccn1)n1cccn1)c1ccccc1. The van der Waals surface area contributed by atoms with Crippen LogP contribution in [0.5, 0.6) is 0 Å². The molecule has 0 amide bonds. The Morgan fingerprint density at radius 3 is 2.05 bits per heavy atom. The maximum Gasteiger partial charge on any atom is 0.166 e. The number of Topliss-reactive ketones (excluding diaryl/α,β-unsaturated/α-hetero) is 1. The lowest BCUT2D eigenvalue weighted by atomic mass is 10.1. The molecule has 0 bridgehead atoms. The molecule has 2 heterocycles. The van der Waals surface area contributed by atoms with E-state index in [9.17, 15) is 4.79 Å². The van der Waals surface area contributed by atoms with Crippen molar-refractivity contribution in [2.75, 3.05) is 0 Å². The second-order valence-corrected chi connectivity index (χ2v) is 4.45. The van der Waals surface area contributed by atoms with Gasteiger partial charge in [0.2, 0.25) is 0 Å². The predicted octanol–water partition coefficient (Wildman–Crippen LogP) is 2.40. The molecular formula is C15H14N4O. The molecule has 2 aromatic heterocycles. The molecule has 0 unspecified atom stereocenters. The van der Waals surface area contributed by atoms with Crippen molar-refractivity contribution in [3.05, 3.63) is 72.8 Å². The van der Waals surface area contributed by atoms with Gasteiger partial charge in [-0.3, -0.25) is 4.79 Å². The van der Waals surface area contributed by atoms with E-state index in [1.807, 2.05) is 54.9 Å². The molecule has 0 aliphatic heterocycles. The highest BCUT2D eigenvalue weighted by molar-refractivity contribution is 5.96. The second kappa shape index (κ2) is 5.52. The number of hydrogen-bond donors (Lipinski definition) is 0. The number of rotatable bonds is 5. The molecule has 3 rings (SSSR count). The Bertz CT molecular complexity index is 625. The Morgan fingerprint density at radius 2 is 1.55 bits per heavy atom. The highest BCUT2D eigenvalue weighted by Crippen LogP contribution is 2.16. The van der Waals surface area contributed by atoms with Crippen LogP contribution >= 0.6 is 0 Å². The number of benzene rings is 1. The van der Waals surface area contributed by atoms with Crippen LogP contribution in [0.4, 0.5) is 0 Å². The van der Waals surface area contributed by atoms with Crippen LogP contribution in [-0.4, -0.2) is 25.3 Å². The Kier molecular flexibility index (Phi) is 3.41. The fraction of sp³-hybridized carbons (Fsp3) is 0.133. The normalized spacial score (nSPS) is 10.8. The third kappa shape index (κ3) is 2.51. The summed E-state index contributed by atoms with van der Waals surface area (Å²) in [5.74, 6) is 0.0709. The zero-order chi connectivity index (χ0) is 13.8. The standard InChI is InChI=1S/C15H14N4O/c20-14(13-6-2-1-3-7-13)12-15(18-10-4-8-16-18)19-11-5-9-17-19/h1-11,15H,12H2. The summed E-state index contributed by atoms with van der Waals surface area (Å²) in [6.07, 6.45) is 7.14. The van der Waals surface area contributed by atoms with Gasteiger partial charge in [-0.05, 0) is 12.1 Å². The molecule has 0 saturated heterocycles. The van der Waals surface area contributed by atoms with Crippen LogP contribution in [0.15, 0.2) is 67.3 Å². The monoisotopic (exact) mass is 266 g/mol. The van der Waals surface area contributed by atoms with Crippen molar-refractivity contribution in [2.24, 2.45) is 0 Å².